The van der Waals surface area contributed by atoms with E-state index in [1.807, 2.05) is 19.9 Å². The average molecular weight is 310 g/mol. The summed E-state index contributed by atoms with van der Waals surface area (Å²) in [7, 11) is 1.67. The van der Waals surface area contributed by atoms with Crippen molar-refractivity contribution in [2.75, 3.05) is 11.1 Å². The molecule has 0 aliphatic heterocycles. The molecule has 0 saturated carbocycles. The molecule has 3 aromatic rings. The van der Waals surface area contributed by atoms with Gasteiger partial charge in [0.05, 0.1) is 17.5 Å². The lowest BCUT2D eigenvalue weighted by molar-refractivity contribution is 0.839. The van der Waals surface area contributed by atoms with E-state index in [4.69, 9.17) is 5.73 Å². The molecule has 0 bridgehead atoms. The van der Waals surface area contributed by atoms with Crippen LogP contribution in [-0.2, 0) is 7.05 Å². The number of nitrogens with two attached hydrogens (primary N) is 1. The van der Waals surface area contributed by atoms with Crippen molar-refractivity contribution in [3.8, 4) is 11.3 Å². The minimum absolute atomic E-state index is 0.122. The Morgan fingerprint density at radius 2 is 2.09 bits per heavy atom. The molecule has 118 valence electrons. The van der Waals surface area contributed by atoms with E-state index in [1.165, 1.54) is 10.9 Å². The highest BCUT2D eigenvalue weighted by Gasteiger charge is 2.15. The number of hydrogen-bond donors (Lipinski definition) is 2. The summed E-state index contributed by atoms with van der Waals surface area (Å²) in [5.74, 6) is 0.892. The van der Waals surface area contributed by atoms with Gasteiger partial charge in [0.15, 0.2) is 0 Å². The summed E-state index contributed by atoms with van der Waals surface area (Å²) in [6, 6.07) is 5.52. The first-order chi connectivity index (χ1) is 11.0. The van der Waals surface area contributed by atoms with Crippen LogP contribution in [0.3, 0.4) is 0 Å². The molecule has 0 spiro atoms. The van der Waals surface area contributed by atoms with Gasteiger partial charge in [-0.2, -0.15) is 0 Å². The van der Waals surface area contributed by atoms with Crippen molar-refractivity contribution >= 4 is 22.5 Å². The topological polar surface area (TPSA) is 98.7 Å². The number of fused-ring (bicyclic) bond motifs is 1. The fraction of sp³-hybridized carbons (Fsp3) is 0.250. The Morgan fingerprint density at radius 3 is 2.78 bits per heavy atom. The molecule has 0 radical (unpaired) electrons. The molecule has 7 heteroatoms. The summed E-state index contributed by atoms with van der Waals surface area (Å²) in [5.41, 5.74) is 7.72. The van der Waals surface area contributed by atoms with Crippen LogP contribution in [0.2, 0.25) is 0 Å². The summed E-state index contributed by atoms with van der Waals surface area (Å²) in [5, 5.41) is 3.69. The Morgan fingerprint density at radius 1 is 1.30 bits per heavy atom. The van der Waals surface area contributed by atoms with E-state index >= 15 is 0 Å². The fourth-order valence-corrected chi connectivity index (χ4v) is 2.37. The molecule has 3 heterocycles. The third-order valence-corrected chi connectivity index (χ3v) is 3.44. The van der Waals surface area contributed by atoms with Gasteiger partial charge in [0, 0.05) is 24.8 Å². The molecule has 0 fully saturated rings. The molecule has 3 rings (SSSR count). The Balaban J connectivity index is 2.33. The number of nitrogens with zero attached hydrogens (tertiary/aromatic N) is 4. The van der Waals surface area contributed by atoms with E-state index in [2.05, 4.69) is 20.3 Å². The zero-order chi connectivity index (χ0) is 16.6. The van der Waals surface area contributed by atoms with Crippen LogP contribution in [0.15, 0.2) is 35.5 Å². The van der Waals surface area contributed by atoms with Gasteiger partial charge in [-0.15, -0.1) is 0 Å². The summed E-state index contributed by atoms with van der Waals surface area (Å²) in [6.07, 6.45) is 3.13. The Hall–Kier alpha value is -2.96. The van der Waals surface area contributed by atoms with E-state index in [9.17, 15) is 4.79 Å². The van der Waals surface area contributed by atoms with Gasteiger partial charge in [-0.25, -0.2) is 15.0 Å². The summed E-state index contributed by atoms with van der Waals surface area (Å²) < 4.78 is 1.44. The summed E-state index contributed by atoms with van der Waals surface area (Å²) in [4.78, 5) is 25.5. The van der Waals surface area contributed by atoms with Crippen molar-refractivity contribution in [2.45, 2.75) is 19.9 Å². The zero-order valence-electron chi connectivity index (χ0n) is 13.2. The molecule has 0 aromatic carbocycles. The molecule has 23 heavy (non-hydrogen) atoms. The highest BCUT2D eigenvalue weighted by molar-refractivity contribution is 5.92. The fourth-order valence-electron chi connectivity index (χ4n) is 2.37. The molecule has 0 unspecified atom stereocenters. The van der Waals surface area contributed by atoms with Gasteiger partial charge in [-0.3, -0.25) is 4.79 Å². The van der Waals surface area contributed by atoms with Crippen molar-refractivity contribution in [3.05, 3.63) is 41.1 Å². The van der Waals surface area contributed by atoms with Gasteiger partial charge in [0.2, 0.25) is 0 Å². The van der Waals surface area contributed by atoms with Gasteiger partial charge in [-0.05, 0) is 32.0 Å². The zero-order valence-corrected chi connectivity index (χ0v) is 13.2. The lowest BCUT2D eigenvalue weighted by Crippen LogP contribution is -2.21. The lowest BCUT2D eigenvalue weighted by atomic mass is 10.1. The number of pyridine rings is 2. The minimum Gasteiger partial charge on any atom is -0.383 e. The van der Waals surface area contributed by atoms with Crippen LogP contribution >= 0.6 is 0 Å². The molecule has 7 nitrogen and oxygen atoms in total. The molecular formula is C16H18N6O. The van der Waals surface area contributed by atoms with Gasteiger partial charge >= 0.3 is 0 Å². The van der Waals surface area contributed by atoms with Gasteiger partial charge < -0.3 is 15.6 Å². The van der Waals surface area contributed by atoms with Gasteiger partial charge in [0.1, 0.15) is 17.0 Å². The normalized spacial score (nSPS) is 11.1. The van der Waals surface area contributed by atoms with Crippen molar-refractivity contribution in [3.63, 3.8) is 0 Å². The number of aryl methyl sites for hydroxylation is 1. The number of nitrogens with one attached hydrogen (secondary N) is 1. The van der Waals surface area contributed by atoms with Crippen LogP contribution in [0.1, 0.15) is 13.8 Å². The van der Waals surface area contributed by atoms with Crippen LogP contribution < -0.4 is 16.6 Å². The first-order valence-corrected chi connectivity index (χ1v) is 7.31. The Labute approximate surface area is 133 Å². The van der Waals surface area contributed by atoms with E-state index in [1.54, 1.807) is 25.4 Å². The number of hydrogen-bond acceptors (Lipinski definition) is 6. The van der Waals surface area contributed by atoms with Gasteiger partial charge in [-0.1, -0.05) is 0 Å². The first-order valence-electron chi connectivity index (χ1n) is 7.31. The molecule has 0 atom stereocenters. The maximum absolute atomic E-state index is 12.5. The minimum atomic E-state index is -0.142. The second kappa shape index (κ2) is 5.68. The second-order valence-corrected chi connectivity index (χ2v) is 5.65. The number of rotatable bonds is 3. The molecule has 0 aliphatic rings. The monoisotopic (exact) mass is 310 g/mol. The van der Waals surface area contributed by atoms with Crippen LogP contribution in [-0.4, -0.2) is 25.6 Å². The van der Waals surface area contributed by atoms with Crippen LogP contribution in [0.25, 0.3) is 22.2 Å². The Kier molecular flexibility index (Phi) is 3.69. The molecule has 3 N–H and O–H groups in total. The predicted molar refractivity (Wildman–Crippen MR) is 91.2 cm³/mol. The second-order valence-electron chi connectivity index (χ2n) is 5.65. The van der Waals surface area contributed by atoms with E-state index in [0.717, 1.165) is 0 Å². The number of nitrogen functional groups attached to an aromatic ring is 1. The molecule has 0 amide bonds. The SMILES string of the molecule is CC(C)Nc1nc(-c2cccnc2N)cc2ncn(C)c(=O)c12. The standard InChI is InChI=1S/C16H18N6O/c1-9(2)20-15-13-12(19-8-22(3)16(13)23)7-11(21-15)10-5-4-6-18-14(10)17/h4-9H,1-3H3,(H2,17,18)(H,20,21). The average Bonchev–Trinajstić information content (AvgIpc) is 2.50. The highest BCUT2D eigenvalue weighted by Crippen LogP contribution is 2.27. The highest BCUT2D eigenvalue weighted by atomic mass is 16.1. The van der Waals surface area contributed by atoms with Crippen molar-refractivity contribution in [1.82, 2.24) is 19.5 Å². The molecule has 0 aliphatic carbocycles. The van der Waals surface area contributed by atoms with E-state index < -0.39 is 0 Å². The third kappa shape index (κ3) is 2.73. The van der Waals surface area contributed by atoms with E-state index in [0.29, 0.717) is 33.8 Å². The molecular weight excluding hydrogens is 292 g/mol. The van der Waals surface area contributed by atoms with Crippen molar-refractivity contribution in [1.29, 1.82) is 0 Å². The number of aromatic nitrogens is 4. The van der Waals surface area contributed by atoms with Crippen LogP contribution in [0, 0.1) is 0 Å². The number of anilines is 2. The third-order valence-electron chi connectivity index (χ3n) is 3.44. The summed E-state index contributed by atoms with van der Waals surface area (Å²) >= 11 is 0. The predicted octanol–water partition coefficient (Wildman–Crippen LogP) is 1.79. The van der Waals surface area contributed by atoms with Crippen molar-refractivity contribution in [2.24, 2.45) is 7.05 Å². The maximum Gasteiger partial charge on any atom is 0.264 e. The largest absolute Gasteiger partial charge is 0.383 e. The Bertz CT molecular complexity index is 931. The van der Waals surface area contributed by atoms with Crippen LogP contribution in [0.5, 0.6) is 0 Å². The van der Waals surface area contributed by atoms with Crippen molar-refractivity contribution < 1.29 is 0 Å². The first kappa shape index (κ1) is 15.0. The smallest absolute Gasteiger partial charge is 0.264 e. The van der Waals surface area contributed by atoms with Gasteiger partial charge in [0.25, 0.3) is 5.56 Å². The van der Waals surface area contributed by atoms with Crippen LogP contribution in [0.4, 0.5) is 11.6 Å². The maximum atomic E-state index is 12.5. The van der Waals surface area contributed by atoms with E-state index in [-0.39, 0.29) is 11.6 Å². The molecule has 3 aromatic heterocycles. The quantitative estimate of drug-likeness (QED) is 0.765. The lowest BCUT2D eigenvalue weighted by Gasteiger charge is -2.14. The molecule has 0 saturated heterocycles. The summed E-state index contributed by atoms with van der Waals surface area (Å²) in [6.45, 7) is 3.97.